The van der Waals surface area contributed by atoms with Gasteiger partial charge in [0.25, 0.3) is 0 Å². The molecule has 78 valence electrons. The maximum atomic E-state index is 5.81. The van der Waals surface area contributed by atoms with Gasteiger partial charge >= 0.3 is 0 Å². The molecular weight excluding hydrogens is 188 g/mol. The molecule has 4 heteroatoms. The summed E-state index contributed by atoms with van der Waals surface area (Å²) in [6.07, 6.45) is 2.51. The molecule has 0 spiro atoms. The Hall–Kier alpha value is -1.71. The summed E-state index contributed by atoms with van der Waals surface area (Å²) >= 11 is 0. The van der Waals surface area contributed by atoms with Crippen LogP contribution in [0.1, 0.15) is 23.9 Å². The van der Waals surface area contributed by atoms with Crippen molar-refractivity contribution in [1.29, 1.82) is 0 Å². The first-order valence-corrected chi connectivity index (χ1v) is 5.01. The van der Waals surface area contributed by atoms with Gasteiger partial charge in [-0.05, 0) is 20.3 Å². The zero-order valence-corrected chi connectivity index (χ0v) is 9.20. The zero-order chi connectivity index (χ0) is 11.0. The smallest absolute Gasteiger partial charge is 0.128 e. The van der Waals surface area contributed by atoms with Gasteiger partial charge in [0.2, 0.25) is 0 Å². The molecule has 2 heterocycles. The molecule has 2 N–H and O–H groups in total. The quantitative estimate of drug-likeness (QED) is 0.765. The average molecular weight is 202 g/mol. The van der Waals surface area contributed by atoms with E-state index in [1.807, 2.05) is 20.8 Å². The Morgan fingerprint density at radius 1 is 1.20 bits per heavy atom. The summed E-state index contributed by atoms with van der Waals surface area (Å²) < 4.78 is 0. The van der Waals surface area contributed by atoms with E-state index in [0.29, 0.717) is 5.82 Å². The van der Waals surface area contributed by atoms with Crippen molar-refractivity contribution >= 4 is 16.9 Å². The predicted octanol–water partition coefficient (Wildman–Crippen LogP) is 1.79. The topological polar surface area (TPSA) is 64.7 Å². The SMILES string of the molecule is CCc1c(N)ncc2nc(C)c(C)nc12. The Balaban J connectivity index is 2.86. The van der Waals surface area contributed by atoms with Crippen LogP contribution >= 0.6 is 0 Å². The van der Waals surface area contributed by atoms with Crippen LogP contribution in [0.5, 0.6) is 0 Å². The van der Waals surface area contributed by atoms with Crippen molar-refractivity contribution < 1.29 is 0 Å². The first kappa shape index (κ1) is 9.83. The zero-order valence-electron chi connectivity index (χ0n) is 9.20. The number of pyridine rings is 1. The number of aryl methyl sites for hydroxylation is 3. The van der Waals surface area contributed by atoms with Gasteiger partial charge in [-0.3, -0.25) is 0 Å². The van der Waals surface area contributed by atoms with E-state index in [-0.39, 0.29) is 0 Å². The fraction of sp³-hybridized carbons (Fsp3) is 0.364. The Bertz CT molecular complexity index is 519. The number of nitrogens with zero attached hydrogens (tertiary/aromatic N) is 3. The van der Waals surface area contributed by atoms with Crippen molar-refractivity contribution in [2.45, 2.75) is 27.2 Å². The van der Waals surface area contributed by atoms with E-state index >= 15 is 0 Å². The first-order valence-electron chi connectivity index (χ1n) is 5.01. The standard InChI is InChI=1S/C11H14N4/c1-4-8-10-9(5-13-11(8)12)14-6(2)7(3)15-10/h5H,4H2,1-3H3,(H2,12,13). The lowest BCUT2D eigenvalue weighted by atomic mass is 10.1. The summed E-state index contributed by atoms with van der Waals surface area (Å²) in [7, 11) is 0. The van der Waals surface area contributed by atoms with E-state index in [1.165, 1.54) is 0 Å². The third kappa shape index (κ3) is 1.52. The molecule has 2 aromatic heterocycles. The molecule has 0 atom stereocenters. The van der Waals surface area contributed by atoms with E-state index in [4.69, 9.17) is 5.73 Å². The summed E-state index contributed by atoms with van der Waals surface area (Å²) in [6, 6.07) is 0. The van der Waals surface area contributed by atoms with Gasteiger partial charge in [0.1, 0.15) is 11.3 Å². The van der Waals surface area contributed by atoms with Crippen molar-refractivity contribution in [3.05, 3.63) is 23.1 Å². The minimum atomic E-state index is 0.558. The molecule has 15 heavy (non-hydrogen) atoms. The number of fused-ring (bicyclic) bond motifs is 1. The van der Waals surface area contributed by atoms with Crippen LogP contribution in [0.25, 0.3) is 11.0 Å². The molecule has 0 amide bonds. The largest absolute Gasteiger partial charge is 0.383 e. The van der Waals surface area contributed by atoms with Crippen molar-refractivity contribution in [3.63, 3.8) is 0 Å². The Morgan fingerprint density at radius 2 is 1.87 bits per heavy atom. The van der Waals surface area contributed by atoms with E-state index < -0.39 is 0 Å². The molecule has 0 aliphatic rings. The lowest BCUT2D eigenvalue weighted by molar-refractivity contribution is 1.06. The number of hydrogen-bond donors (Lipinski definition) is 1. The van der Waals surface area contributed by atoms with Gasteiger partial charge in [-0.2, -0.15) is 0 Å². The highest BCUT2D eigenvalue weighted by Crippen LogP contribution is 2.20. The summed E-state index contributed by atoms with van der Waals surface area (Å²) in [5, 5.41) is 0. The molecule has 0 bridgehead atoms. The van der Waals surface area contributed by atoms with Crippen LogP contribution in [-0.2, 0) is 6.42 Å². The normalized spacial score (nSPS) is 10.9. The van der Waals surface area contributed by atoms with Crippen molar-refractivity contribution in [2.75, 3.05) is 5.73 Å². The molecule has 0 aliphatic heterocycles. The van der Waals surface area contributed by atoms with Gasteiger partial charge in [0, 0.05) is 5.56 Å². The maximum absolute atomic E-state index is 5.81. The van der Waals surface area contributed by atoms with Crippen molar-refractivity contribution in [3.8, 4) is 0 Å². The highest BCUT2D eigenvalue weighted by atomic mass is 14.9. The molecule has 0 unspecified atom stereocenters. The van der Waals surface area contributed by atoms with Crippen molar-refractivity contribution in [2.24, 2.45) is 0 Å². The summed E-state index contributed by atoms with van der Waals surface area (Å²) in [5.41, 5.74) is 10.4. The fourth-order valence-electron chi connectivity index (χ4n) is 1.61. The van der Waals surface area contributed by atoms with E-state index in [2.05, 4.69) is 15.0 Å². The van der Waals surface area contributed by atoms with E-state index in [1.54, 1.807) is 6.20 Å². The number of nitrogen functional groups attached to an aromatic ring is 1. The highest BCUT2D eigenvalue weighted by molar-refractivity contribution is 5.81. The van der Waals surface area contributed by atoms with E-state index in [9.17, 15) is 0 Å². The van der Waals surface area contributed by atoms with Crippen LogP contribution in [0.3, 0.4) is 0 Å². The molecule has 0 fully saturated rings. The number of hydrogen-bond acceptors (Lipinski definition) is 4. The lowest BCUT2D eigenvalue weighted by Crippen LogP contribution is -2.02. The summed E-state index contributed by atoms with van der Waals surface area (Å²) in [4.78, 5) is 13.1. The van der Waals surface area contributed by atoms with Crippen LogP contribution in [0.2, 0.25) is 0 Å². The Labute approximate surface area is 88.6 Å². The fourth-order valence-corrected chi connectivity index (χ4v) is 1.61. The third-order valence-electron chi connectivity index (χ3n) is 2.61. The Morgan fingerprint density at radius 3 is 2.53 bits per heavy atom. The maximum Gasteiger partial charge on any atom is 0.128 e. The second-order valence-corrected chi connectivity index (χ2v) is 3.60. The first-order chi connectivity index (χ1) is 7.13. The van der Waals surface area contributed by atoms with E-state index in [0.717, 1.165) is 34.4 Å². The van der Waals surface area contributed by atoms with Gasteiger partial charge in [0.15, 0.2) is 0 Å². The summed E-state index contributed by atoms with van der Waals surface area (Å²) in [5.74, 6) is 0.558. The van der Waals surface area contributed by atoms with Crippen molar-refractivity contribution in [1.82, 2.24) is 15.0 Å². The molecular formula is C11H14N4. The number of anilines is 1. The highest BCUT2D eigenvalue weighted by Gasteiger charge is 2.08. The van der Waals surface area contributed by atoms with Crippen LogP contribution in [0, 0.1) is 13.8 Å². The van der Waals surface area contributed by atoms with Gasteiger partial charge < -0.3 is 5.73 Å². The van der Waals surface area contributed by atoms with Gasteiger partial charge in [-0.1, -0.05) is 6.92 Å². The average Bonchev–Trinajstić information content (AvgIpc) is 2.21. The minimum absolute atomic E-state index is 0.558. The molecule has 2 aromatic rings. The van der Waals surface area contributed by atoms with Gasteiger partial charge in [-0.15, -0.1) is 0 Å². The Kier molecular flexibility index (Phi) is 2.26. The monoisotopic (exact) mass is 202 g/mol. The number of aromatic nitrogens is 3. The number of nitrogens with two attached hydrogens (primary N) is 1. The second kappa shape index (κ2) is 3.46. The van der Waals surface area contributed by atoms with Crippen LogP contribution in [0.4, 0.5) is 5.82 Å². The van der Waals surface area contributed by atoms with Gasteiger partial charge in [0.05, 0.1) is 23.1 Å². The molecule has 0 aliphatic carbocycles. The molecule has 0 aromatic carbocycles. The predicted molar refractivity (Wildman–Crippen MR) is 60.6 cm³/mol. The van der Waals surface area contributed by atoms with Crippen LogP contribution < -0.4 is 5.73 Å². The number of rotatable bonds is 1. The second-order valence-electron chi connectivity index (χ2n) is 3.60. The lowest BCUT2D eigenvalue weighted by Gasteiger charge is -2.07. The molecule has 0 radical (unpaired) electrons. The molecule has 2 rings (SSSR count). The molecule has 4 nitrogen and oxygen atoms in total. The van der Waals surface area contributed by atoms with Crippen LogP contribution in [-0.4, -0.2) is 15.0 Å². The molecule has 0 saturated carbocycles. The third-order valence-corrected chi connectivity index (χ3v) is 2.61. The summed E-state index contributed by atoms with van der Waals surface area (Å²) in [6.45, 7) is 5.95. The molecule has 0 saturated heterocycles. The van der Waals surface area contributed by atoms with Crippen LogP contribution in [0.15, 0.2) is 6.20 Å². The van der Waals surface area contributed by atoms with Gasteiger partial charge in [-0.25, -0.2) is 15.0 Å². The minimum Gasteiger partial charge on any atom is -0.383 e.